The normalized spacial score (nSPS) is 18.3. The van der Waals surface area contributed by atoms with E-state index in [1.54, 1.807) is 11.8 Å². The Bertz CT molecular complexity index is 470. The first-order chi connectivity index (χ1) is 8.58. The summed E-state index contributed by atoms with van der Waals surface area (Å²) in [6.45, 7) is 2.18. The molecule has 0 aliphatic carbocycles. The molecule has 1 heterocycles. The lowest BCUT2D eigenvalue weighted by Gasteiger charge is -2.34. The van der Waals surface area contributed by atoms with Gasteiger partial charge < -0.3 is 10.0 Å². The van der Waals surface area contributed by atoms with E-state index in [1.807, 2.05) is 24.3 Å². The molecular formula is C14H17NO3. The van der Waals surface area contributed by atoms with Gasteiger partial charge in [0.25, 0.3) is 0 Å². The number of benzene rings is 1. The Morgan fingerprint density at radius 1 is 1.39 bits per heavy atom. The van der Waals surface area contributed by atoms with E-state index in [1.165, 1.54) is 0 Å². The summed E-state index contributed by atoms with van der Waals surface area (Å²) < 4.78 is 0. The largest absolute Gasteiger partial charge is 0.481 e. The summed E-state index contributed by atoms with van der Waals surface area (Å²) in [6.07, 6.45) is 1.64. The van der Waals surface area contributed by atoms with Gasteiger partial charge in [-0.05, 0) is 30.4 Å². The second kappa shape index (κ2) is 5.21. The molecule has 18 heavy (non-hydrogen) atoms. The summed E-state index contributed by atoms with van der Waals surface area (Å²) in [4.78, 5) is 24.0. The van der Waals surface area contributed by atoms with Crippen molar-refractivity contribution in [2.24, 2.45) is 5.92 Å². The van der Waals surface area contributed by atoms with Gasteiger partial charge in [0.05, 0.1) is 0 Å². The zero-order chi connectivity index (χ0) is 13.1. The van der Waals surface area contributed by atoms with Gasteiger partial charge in [-0.15, -0.1) is 0 Å². The van der Waals surface area contributed by atoms with Crippen LogP contribution in [0.4, 0.5) is 5.69 Å². The fourth-order valence-electron chi connectivity index (χ4n) is 2.50. The number of anilines is 1. The van der Waals surface area contributed by atoms with Crippen LogP contribution in [0.1, 0.15) is 25.3 Å². The third-order valence-corrected chi connectivity index (χ3v) is 3.38. The van der Waals surface area contributed by atoms with Crippen molar-refractivity contribution in [1.82, 2.24) is 0 Å². The fraction of sp³-hybridized carbons (Fsp3) is 0.429. The number of nitrogens with zero attached hydrogens (tertiary/aromatic N) is 1. The molecule has 0 radical (unpaired) electrons. The van der Waals surface area contributed by atoms with Gasteiger partial charge in [-0.25, -0.2) is 0 Å². The predicted octanol–water partition coefficient (Wildman–Crippen LogP) is 2.08. The van der Waals surface area contributed by atoms with Crippen LogP contribution in [-0.4, -0.2) is 23.5 Å². The first-order valence-corrected chi connectivity index (χ1v) is 6.15. The second-order valence-electron chi connectivity index (χ2n) is 4.76. The van der Waals surface area contributed by atoms with E-state index in [-0.39, 0.29) is 18.2 Å². The number of amides is 1. The summed E-state index contributed by atoms with van der Waals surface area (Å²) in [7, 11) is 0. The van der Waals surface area contributed by atoms with Crippen molar-refractivity contribution in [3.8, 4) is 0 Å². The summed E-state index contributed by atoms with van der Waals surface area (Å²) in [5.74, 6) is -0.523. The van der Waals surface area contributed by atoms with Crippen molar-refractivity contribution in [2.75, 3.05) is 11.4 Å². The highest BCUT2D eigenvalue weighted by Crippen LogP contribution is 2.31. The Balaban J connectivity index is 2.18. The highest BCUT2D eigenvalue weighted by Gasteiger charge is 2.26. The van der Waals surface area contributed by atoms with Crippen LogP contribution in [0.3, 0.4) is 0 Å². The van der Waals surface area contributed by atoms with Gasteiger partial charge in [-0.3, -0.25) is 9.59 Å². The first-order valence-electron chi connectivity index (χ1n) is 6.15. The molecule has 2 rings (SSSR count). The molecule has 4 heteroatoms. The van der Waals surface area contributed by atoms with Gasteiger partial charge in [0.2, 0.25) is 5.91 Å². The molecule has 1 aliphatic heterocycles. The number of hydrogen-bond acceptors (Lipinski definition) is 2. The number of carboxylic acid groups (broad SMARTS) is 1. The molecular weight excluding hydrogens is 230 g/mol. The van der Waals surface area contributed by atoms with Gasteiger partial charge in [0.1, 0.15) is 0 Å². The summed E-state index contributed by atoms with van der Waals surface area (Å²) in [6, 6.07) is 7.84. The van der Waals surface area contributed by atoms with Crippen LogP contribution >= 0.6 is 0 Å². The Hall–Kier alpha value is -1.84. The average molecular weight is 247 g/mol. The van der Waals surface area contributed by atoms with Crippen LogP contribution in [0.15, 0.2) is 24.3 Å². The van der Waals surface area contributed by atoms with Crippen LogP contribution in [0.5, 0.6) is 0 Å². The summed E-state index contributed by atoms with van der Waals surface area (Å²) >= 11 is 0. The van der Waals surface area contributed by atoms with Crippen molar-refractivity contribution >= 4 is 17.6 Å². The minimum Gasteiger partial charge on any atom is -0.481 e. The van der Waals surface area contributed by atoms with E-state index in [0.717, 1.165) is 17.7 Å². The van der Waals surface area contributed by atoms with Crippen LogP contribution in [-0.2, 0) is 16.0 Å². The molecule has 1 aliphatic rings. The van der Waals surface area contributed by atoms with E-state index < -0.39 is 5.97 Å². The van der Waals surface area contributed by atoms with Gasteiger partial charge >= 0.3 is 5.97 Å². The van der Waals surface area contributed by atoms with Gasteiger partial charge in [0.15, 0.2) is 0 Å². The third-order valence-electron chi connectivity index (χ3n) is 3.38. The first kappa shape index (κ1) is 12.6. The Morgan fingerprint density at radius 2 is 2.11 bits per heavy atom. The zero-order valence-electron chi connectivity index (χ0n) is 10.4. The Kier molecular flexibility index (Phi) is 3.65. The quantitative estimate of drug-likeness (QED) is 0.889. The van der Waals surface area contributed by atoms with Gasteiger partial charge in [-0.1, -0.05) is 18.2 Å². The van der Waals surface area contributed by atoms with E-state index in [4.69, 9.17) is 5.11 Å². The average Bonchev–Trinajstić information content (AvgIpc) is 2.35. The van der Waals surface area contributed by atoms with Crippen LogP contribution in [0, 0.1) is 5.92 Å². The Morgan fingerprint density at radius 3 is 2.78 bits per heavy atom. The molecule has 0 saturated heterocycles. The number of aliphatic carboxylic acids is 1. The predicted molar refractivity (Wildman–Crippen MR) is 68.5 cm³/mol. The number of carboxylic acids is 1. The SMILES string of the molecule is CC(=O)N1CC(CCC(=O)O)Cc2ccccc21. The van der Waals surface area contributed by atoms with Crippen molar-refractivity contribution in [3.63, 3.8) is 0 Å². The smallest absolute Gasteiger partial charge is 0.303 e. The number of rotatable bonds is 3. The standard InChI is InChI=1S/C14H17NO3/c1-10(16)15-9-11(6-7-14(17)18)8-12-4-2-3-5-13(12)15/h2-5,11H,6-9H2,1H3,(H,17,18). The molecule has 0 spiro atoms. The van der Waals surface area contributed by atoms with E-state index in [2.05, 4.69) is 0 Å². The number of carbonyl (C=O) groups excluding carboxylic acids is 1. The lowest BCUT2D eigenvalue weighted by atomic mass is 9.89. The maximum atomic E-state index is 11.7. The third kappa shape index (κ3) is 2.70. The lowest BCUT2D eigenvalue weighted by molar-refractivity contribution is -0.137. The number of carbonyl (C=O) groups is 2. The van der Waals surface area contributed by atoms with Crippen LogP contribution < -0.4 is 4.90 Å². The molecule has 0 bridgehead atoms. The molecule has 0 saturated carbocycles. The summed E-state index contributed by atoms with van der Waals surface area (Å²) in [5.41, 5.74) is 2.10. The molecule has 1 amide bonds. The lowest BCUT2D eigenvalue weighted by Crippen LogP contribution is -2.38. The fourth-order valence-corrected chi connectivity index (χ4v) is 2.50. The monoisotopic (exact) mass is 247 g/mol. The number of fused-ring (bicyclic) bond motifs is 1. The zero-order valence-corrected chi connectivity index (χ0v) is 10.4. The number of para-hydroxylation sites is 1. The molecule has 1 N–H and O–H groups in total. The number of hydrogen-bond donors (Lipinski definition) is 1. The molecule has 0 fully saturated rings. The molecule has 1 unspecified atom stereocenters. The summed E-state index contributed by atoms with van der Waals surface area (Å²) in [5, 5.41) is 8.73. The molecule has 0 aromatic heterocycles. The maximum Gasteiger partial charge on any atom is 0.303 e. The van der Waals surface area contributed by atoms with Crippen molar-refractivity contribution < 1.29 is 14.7 Å². The maximum absolute atomic E-state index is 11.7. The van der Waals surface area contributed by atoms with Gasteiger partial charge in [-0.2, -0.15) is 0 Å². The minimum absolute atomic E-state index is 0.0162. The van der Waals surface area contributed by atoms with E-state index in [9.17, 15) is 9.59 Å². The topological polar surface area (TPSA) is 57.6 Å². The minimum atomic E-state index is -0.775. The van der Waals surface area contributed by atoms with Crippen molar-refractivity contribution in [3.05, 3.63) is 29.8 Å². The molecule has 96 valence electrons. The van der Waals surface area contributed by atoms with E-state index in [0.29, 0.717) is 13.0 Å². The molecule has 1 atom stereocenters. The van der Waals surface area contributed by atoms with Gasteiger partial charge in [0, 0.05) is 25.6 Å². The second-order valence-corrected chi connectivity index (χ2v) is 4.76. The molecule has 1 aromatic carbocycles. The highest BCUT2D eigenvalue weighted by atomic mass is 16.4. The van der Waals surface area contributed by atoms with Crippen LogP contribution in [0.25, 0.3) is 0 Å². The van der Waals surface area contributed by atoms with Crippen molar-refractivity contribution in [2.45, 2.75) is 26.2 Å². The van der Waals surface area contributed by atoms with E-state index >= 15 is 0 Å². The molecule has 4 nitrogen and oxygen atoms in total. The highest BCUT2D eigenvalue weighted by molar-refractivity contribution is 5.92. The Labute approximate surface area is 106 Å². The van der Waals surface area contributed by atoms with Crippen molar-refractivity contribution in [1.29, 1.82) is 0 Å². The molecule has 1 aromatic rings. The van der Waals surface area contributed by atoms with Crippen LogP contribution in [0.2, 0.25) is 0 Å².